The molecule has 22 heavy (non-hydrogen) atoms. The van der Waals surface area contributed by atoms with Gasteiger partial charge in [0.25, 0.3) is 0 Å². The van der Waals surface area contributed by atoms with Crippen LogP contribution in [-0.2, 0) is 9.47 Å². The number of piperazine rings is 1. The Balaban J connectivity index is 2.03. The van der Waals surface area contributed by atoms with Crippen LogP contribution < -0.4 is 5.32 Å². The molecular weight excluding hydrogens is 304 g/mol. The molecule has 1 aliphatic heterocycles. The molecule has 0 saturated carbocycles. The number of carbonyl (C=O) groups excluding carboxylic acids is 2. The highest BCUT2D eigenvalue weighted by Crippen LogP contribution is 2.26. The van der Waals surface area contributed by atoms with Crippen LogP contribution in [0.5, 0.6) is 0 Å². The summed E-state index contributed by atoms with van der Waals surface area (Å²) in [6.07, 6.45) is -0.302. The van der Waals surface area contributed by atoms with Gasteiger partial charge in [-0.2, -0.15) is 0 Å². The van der Waals surface area contributed by atoms with E-state index in [9.17, 15) is 9.59 Å². The zero-order valence-electron chi connectivity index (χ0n) is 13.3. The van der Waals surface area contributed by atoms with E-state index in [1.807, 2.05) is 26.8 Å². The lowest BCUT2D eigenvalue weighted by Crippen LogP contribution is -2.49. The second kappa shape index (κ2) is 6.66. The van der Waals surface area contributed by atoms with Gasteiger partial charge in [0, 0.05) is 24.5 Å². The predicted molar refractivity (Wildman–Crippen MR) is 84.2 cm³/mol. The first-order chi connectivity index (χ1) is 10.3. The Morgan fingerprint density at radius 3 is 2.73 bits per heavy atom. The van der Waals surface area contributed by atoms with Gasteiger partial charge in [0.2, 0.25) is 0 Å². The molecule has 0 aliphatic carbocycles. The highest BCUT2D eigenvalue weighted by molar-refractivity contribution is 7.14. The van der Waals surface area contributed by atoms with E-state index in [0.717, 1.165) is 4.88 Å². The molecule has 1 saturated heterocycles. The second-order valence-electron chi connectivity index (χ2n) is 6.13. The molecule has 0 bridgehead atoms. The van der Waals surface area contributed by atoms with E-state index < -0.39 is 5.60 Å². The third kappa shape index (κ3) is 4.20. The lowest BCUT2D eigenvalue weighted by atomic mass is 10.2. The first kappa shape index (κ1) is 16.8. The molecule has 1 atom stereocenters. The number of thiophene rings is 1. The van der Waals surface area contributed by atoms with Crippen molar-refractivity contribution < 1.29 is 19.1 Å². The molecule has 1 fully saturated rings. The zero-order chi connectivity index (χ0) is 16.3. The van der Waals surface area contributed by atoms with Crippen molar-refractivity contribution >= 4 is 23.4 Å². The van der Waals surface area contributed by atoms with Crippen molar-refractivity contribution in [2.45, 2.75) is 32.4 Å². The van der Waals surface area contributed by atoms with Gasteiger partial charge >= 0.3 is 12.1 Å². The van der Waals surface area contributed by atoms with Gasteiger partial charge in [0.1, 0.15) is 10.5 Å². The average Bonchev–Trinajstić information content (AvgIpc) is 2.94. The minimum Gasteiger partial charge on any atom is -0.465 e. The summed E-state index contributed by atoms with van der Waals surface area (Å²) < 4.78 is 10.1. The predicted octanol–water partition coefficient (Wildman–Crippen LogP) is 2.42. The van der Waals surface area contributed by atoms with Crippen LogP contribution in [0.25, 0.3) is 0 Å². The molecule has 1 aromatic heterocycles. The molecule has 0 aromatic carbocycles. The van der Waals surface area contributed by atoms with Crippen molar-refractivity contribution in [3.8, 4) is 0 Å². The van der Waals surface area contributed by atoms with E-state index in [1.54, 1.807) is 11.0 Å². The van der Waals surface area contributed by atoms with Crippen molar-refractivity contribution in [1.82, 2.24) is 10.2 Å². The maximum atomic E-state index is 12.2. The van der Waals surface area contributed by atoms with Gasteiger partial charge in [-0.3, -0.25) is 0 Å². The number of nitrogens with zero attached hydrogens (tertiary/aromatic N) is 1. The lowest BCUT2D eigenvalue weighted by molar-refractivity contribution is 0.0196. The van der Waals surface area contributed by atoms with Gasteiger partial charge < -0.3 is 19.7 Å². The quantitative estimate of drug-likeness (QED) is 0.845. The number of hydrogen-bond donors (Lipinski definition) is 1. The van der Waals surface area contributed by atoms with Crippen LogP contribution in [0.4, 0.5) is 4.79 Å². The number of ether oxygens (including phenoxy) is 2. The SMILES string of the molecule is COC(=O)c1ccc(C2CN(C(=O)OC(C)(C)C)CCN2)s1. The maximum absolute atomic E-state index is 12.2. The van der Waals surface area contributed by atoms with Crippen LogP contribution in [0.3, 0.4) is 0 Å². The number of esters is 1. The van der Waals surface area contributed by atoms with Crippen LogP contribution in [0.1, 0.15) is 41.4 Å². The summed E-state index contributed by atoms with van der Waals surface area (Å²) >= 11 is 1.38. The molecule has 1 unspecified atom stereocenters. The van der Waals surface area contributed by atoms with Crippen molar-refractivity contribution in [2.75, 3.05) is 26.7 Å². The molecule has 0 spiro atoms. The standard InChI is InChI=1S/C15H22N2O4S/c1-15(2,3)21-14(19)17-8-7-16-10(9-17)11-5-6-12(22-11)13(18)20-4/h5-6,10,16H,7-9H2,1-4H3. The van der Waals surface area contributed by atoms with E-state index in [0.29, 0.717) is 24.5 Å². The summed E-state index contributed by atoms with van der Waals surface area (Å²) in [4.78, 5) is 26.9. The van der Waals surface area contributed by atoms with Crippen LogP contribution >= 0.6 is 11.3 Å². The number of rotatable bonds is 2. The van der Waals surface area contributed by atoms with Gasteiger partial charge in [0.15, 0.2) is 0 Å². The van der Waals surface area contributed by atoms with Crippen LogP contribution in [-0.4, -0.2) is 49.3 Å². The van der Waals surface area contributed by atoms with Crippen molar-refractivity contribution in [2.24, 2.45) is 0 Å². The number of amides is 1. The van der Waals surface area contributed by atoms with E-state index in [4.69, 9.17) is 9.47 Å². The number of hydrogen-bond acceptors (Lipinski definition) is 6. The van der Waals surface area contributed by atoms with Gasteiger partial charge in [-0.15, -0.1) is 11.3 Å². The molecule has 0 radical (unpaired) electrons. The smallest absolute Gasteiger partial charge is 0.410 e. The van der Waals surface area contributed by atoms with E-state index in [2.05, 4.69) is 5.32 Å². The summed E-state index contributed by atoms with van der Waals surface area (Å²) in [6.45, 7) is 7.39. The minimum atomic E-state index is -0.502. The molecule has 1 aromatic rings. The normalized spacial score (nSPS) is 18.9. The van der Waals surface area contributed by atoms with Crippen LogP contribution in [0.15, 0.2) is 12.1 Å². The van der Waals surface area contributed by atoms with E-state index >= 15 is 0 Å². The van der Waals surface area contributed by atoms with Crippen molar-refractivity contribution in [1.29, 1.82) is 0 Å². The number of nitrogens with one attached hydrogen (secondary N) is 1. The van der Waals surface area contributed by atoms with Crippen molar-refractivity contribution in [3.05, 3.63) is 21.9 Å². The van der Waals surface area contributed by atoms with E-state index in [1.165, 1.54) is 18.4 Å². The molecule has 1 aliphatic rings. The Morgan fingerprint density at radius 1 is 1.36 bits per heavy atom. The van der Waals surface area contributed by atoms with E-state index in [-0.39, 0.29) is 18.1 Å². The highest BCUT2D eigenvalue weighted by Gasteiger charge is 2.29. The molecule has 122 valence electrons. The Labute approximate surface area is 134 Å². The first-order valence-corrected chi connectivity index (χ1v) is 8.01. The minimum absolute atomic E-state index is 0.00433. The molecule has 7 heteroatoms. The lowest BCUT2D eigenvalue weighted by Gasteiger charge is -2.34. The number of carbonyl (C=O) groups is 2. The highest BCUT2D eigenvalue weighted by atomic mass is 32.1. The van der Waals surface area contributed by atoms with Gasteiger partial charge in [0.05, 0.1) is 13.2 Å². The first-order valence-electron chi connectivity index (χ1n) is 7.19. The molecular formula is C15H22N2O4S. The summed E-state index contributed by atoms with van der Waals surface area (Å²) in [7, 11) is 1.37. The van der Waals surface area contributed by atoms with Gasteiger partial charge in [-0.05, 0) is 32.9 Å². The summed E-state index contributed by atoms with van der Waals surface area (Å²) in [5, 5.41) is 3.36. The average molecular weight is 326 g/mol. The summed E-state index contributed by atoms with van der Waals surface area (Å²) in [5.41, 5.74) is -0.502. The topological polar surface area (TPSA) is 67.9 Å². The van der Waals surface area contributed by atoms with Crippen molar-refractivity contribution in [3.63, 3.8) is 0 Å². The summed E-state index contributed by atoms with van der Waals surface area (Å²) in [6, 6.07) is 3.65. The number of methoxy groups -OCH3 is 1. The third-order valence-electron chi connectivity index (χ3n) is 3.18. The zero-order valence-corrected chi connectivity index (χ0v) is 14.2. The molecule has 6 nitrogen and oxygen atoms in total. The third-order valence-corrected chi connectivity index (χ3v) is 4.36. The second-order valence-corrected chi connectivity index (χ2v) is 7.24. The molecule has 1 N–H and O–H groups in total. The Hall–Kier alpha value is -1.60. The Bertz CT molecular complexity index is 550. The monoisotopic (exact) mass is 326 g/mol. The fourth-order valence-corrected chi connectivity index (χ4v) is 3.18. The van der Waals surface area contributed by atoms with Gasteiger partial charge in [-0.25, -0.2) is 9.59 Å². The Kier molecular flexibility index (Phi) is 5.08. The molecule has 1 amide bonds. The summed E-state index contributed by atoms with van der Waals surface area (Å²) in [5.74, 6) is -0.337. The van der Waals surface area contributed by atoms with Gasteiger partial charge in [-0.1, -0.05) is 0 Å². The van der Waals surface area contributed by atoms with Crippen LogP contribution in [0.2, 0.25) is 0 Å². The Morgan fingerprint density at radius 2 is 2.09 bits per heavy atom. The maximum Gasteiger partial charge on any atom is 0.410 e. The fraction of sp³-hybridized carbons (Fsp3) is 0.600. The molecule has 2 rings (SSSR count). The largest absolute Gasteiger partial charge is 0.465 e. The fourth-order valence-electron chi connectivity index (χ4n) is 2.18. The molecule has 2 heterocycles. The van der Waals surface area contributed by atoms with Crippen LogP contribution in [0, 0.1) is 0 Å².